The molecule has 0 fully saturated rings. The number of ether oxygens (including phenoxy) is 1. The van der Waals surface area contributed by atoms with Gasteiger partial charge in [-0.15, -0.1) is 4.73 Å². The zero-order valence-electron chi connectivity index (χ0n) is 19.5. The number of hydrogen-bond acceptors (Lipinski definition) is 9. The molecule has 3 aromatic rings. The Bertz CT molecular complexity index is 1420. The molecule has 4 rings (SSSR count). The molecule has 2 amide bonds. The number of nitrogens with one attached hydrogen (secondary N) is 2. The maximum atomic E-state index is 12.4. The summed E-state index contributed by atoms with van der Waals surface area (Å²) in [5.41, 5.74) is 2.94. The number of rotatable bonds is 8. The largest absolute Gasteiger partial charge is 0.534 e. The van der Waals surface area contributed by atoms with Gasteiger partial charge in [-0.1, -0.05) is 12.1 Å². The Hall–Kier alpha value is -4.76. The molecule has 0 spiro atoms. The zero-order chi connectivity index (χ0) is 27.6. The van der Waals surface area contributed by atoms with Crippen LogP contribution in [0.4, 0.5) is 15.3 Å². The second kappa shape index (κ2) is 10.7. The SMILES string of the molecule is CC(NC(=O)O)C(=O)Nc1ccc2c(c1)C(COC(=O)On1c(O)ccc1O)c1cc(OS(=O)O)ccc1-2. The molecule has 0 saturated heterocycles. The van der Waals surface area contributed by atoms with Crippen molar-refractivity contribution in [1.29, 1.82) is 0 Å². The normalized spacial score (nSPS) is 14.9. The van der Waals surface area contributed by atoms with Gasteiger partial charge in [-0.3, -0.25) is 14.2 Å². The van der Waals surface area contributed by atoms with Crippen LogP contribution in [0.25, 0.3) is 11.1 Å². The fraction of sp³-hybridized carbons (Fsp3) is 0.174. The molecule has 3 unspecified atom stereocenters. The van der Waals surface area contributed by atoms with Crippen LogP contribution >= 0.6 is 0 Å². The number of aromatic hydroxyl groups is 2. The van der Waals surface area contributed by atoms with Crippen LogP contribution in [-0.2, 0) is 20.9 Å². The fourth-order valence-corrected chi connectivity index (χ4v) is 4.25. The first-order valence-electron chi connectivity index (χ1n) is 10.9. The van der Waals surface area contributed by atoms with Gasteiger partial charge in [0.15, 0.2) is 0 Å². The summed E-state index contributed by atoms with van der Waals surface area (Å²) in [6.07, 6.45) is -2.60. The highest BCUT2D eigenvalue weighted by molar-refractivity contribution is 7.74. The first kappa shape index (κ1) is 26.3. The summed E-state index contributed by atoms with van der Waals surface area (Å²) in [6.45, 7) is 1.07. The average molecular weight is 547 g/mol. The maximum Gasteiger partial charge on any atom is 0.534 e. The van der Waals surface area contributed by atoms with Gasteiger partial charge in [0.2, 0.25) is 17.7 Å². The van der Waals surface area contributed by atoms with Crippen molar-refractivity contribution in [2.24, 2.45) is 0 Å². The van der Waals surface area contributed by atoms with Gasteiger partial charge in [0.25, 0.3) is 0 Å². The van der Waals surface area contributed by atoms with E-state index in [2.05, 4.69) is 10.6 Å². The van der Waals surface area contributed by atoms with Crippen molar-refractivity contribution in [3.05, 3.63) is 59.7 Å². The highest BCUT2D eigenvalue weighted by Gasteiger charge is 2.32. The molecule has 1 aromatic heterocycles. The third-order valence-electron chi connectivity index (χ3n) is 5.62. The Morgan fingerprint density at radius 3 is 2.29 bits per heavy atom. The highest BCUT2D eigenvalue weighted by Crippen LogP contribution is 2.47. The molecule has 1 heterocycles. The number of fused-ring (bicyclic) bond motifs is 3. The van der Waals surface area contributed by atoms with Gasteiger partial charge in [0.1, 0.15) is 18.4 Å². The van der Waals surface area contributed by atoms with Crippen molar-refractivity contribution in [2.45, 2.75) is 18.9 Å². The lowest BCUT2D eigenvalue weighted by Gasteiger charge is -2.16. The van der Waals surface area contributed by atoms with Gasteiger partial charge in [0, 0.05) is 23.7 Å². The van der Waals surface area contributed by atoms with Crippen molar-refractivity contribution in [2.75, 3.05) is 11.9 Å². The van der Waals surface area contributed by atoms with Crippen molar-refractivity contribution in [3.8, 4) is 28.6 Å². The fourth-order valence-electron chi connectivity index (χ4n) is 3.98. The molecule has 2 aromatic carbocycles. The van der Waals surface area contributed by atoms with E-state index in [-0.39, 0.29) is 12.4 Å². The lowest BCUT2D eigenvalue weighted by Crippen LogP contribution is -2.40. The molecule has 1 aliphatic rings. The van der Waals surface area contributed by atoms with E-state index < -0.39 is 53.2 Å². The molecule has 0 saturated carbocycles. The number of aromatic nitrogens is 1. The molecular weight excluding hydrogens is 526 g/mol. The quantitative estimate of drug-likeness (QED) is 0.178. The van der Waals surface area contributed by atoms with Gasteiger partial charge < -0.3 is 34.9 Å². The van der Waals surface area contributed by atoms with Crippen LogP contribution in [0.1, 0.15) is 24.0 Å². The van der Waals surface area contributed by atoms with Crippen molar-refractivity contribution >= 4 is 35.2 Å². The van der Waals surface area contributed by atoms with Crippen LogP contribution in [0.15, 0.2) is 48.5 Å². The number of nitrogens with zero attached hydrogens (tertiary/aromatic N) is 1. The predicted octanol–water partition coefficient (Wildman–Crippen LogP) is 2.39. The van der Waals surface area contributed by atoms with E-state index in [1.54, 1.807) is 24.3 Å². The Labute approximate surface area is 216 Å². The Kier molecular flexibility index (Phi) is 7.40. The molecular formula is C23H21N3O11S. The van der Waals surface area contributed by atoms with E-state index >= 15 is 0 Å². The van der Waals surface area contributed by atoms with E-state index in [0.29, 0.717) is 32.7 Å². The van der Waals surface area contributed by atoms with E-state index in [4.69, 9.17) is 23.4 Å². The minimum atomic E-state index is -2.58. The molecule has 14 nitrogen and oxygen atoms in total. The third kappa shape index (κ3) is 5.63. The molecule has 0 radical (unpaired) electrons. The standard InChI is InChI=1S/C23H21N3O11S/c1-11(24-22(30)31)21(29)25-12-2-4-14-15-5-3-13(37-38(33)34)9-17(15)18(16(14)8-12)10-35-23(32)36-26-19(27)6-7-20(26)28/h2-9,11,18,24,27-28H,10H2,1H3,(H,25,29)(H,30,31)(H,33,34). The van der Waals surface area contributed by atoms with E-state index in [1.165, 1.54) is 19.1 Å². The van der Waals surface area contributed by atoms with E-state index in [9.17, 15) is 28.8 Å². The zero-order valence-corrected chi connectivity index (χ0v) is 20.3. The lowest BCUT2D eigenvalue weighted by atomic mass is 9.97. The summed E-state index contributed by atoms with van der Waals surface area (Å²) in [7, 11) is 0. The summed E-state index contributed by atoms with van der Waals surface area (Å²) >= 11 is -2.58. The number of carbonyl (C=O) groups is 3. The first-order chi connectivity index (χ1) is 18.0. The minimum absolute atomic E-state index is 0.0780. The van der Waals surface area contributed by atoms with Gasteiger partial charge in [0.05, 0.1) is 0 Å². The number of carbonyl (C=O) groups excluding carboxylic acids is 2. The Morgan fingerprint density at radius 1 is 1.03 bits per heavy atom. The van der Waals surface area contributed by atoms with Gasteiger partial charge in [-0.05, 0) is 53.4 Å². The van der Waals surface area contributed by atoms with Crippen LogP contribution in [0, 0.1) is 0 Å². The van der Waals surface area contributed by atoms with Crippen molar-refractivity contribution in [3.63, 3.8) is 0 Å². The van der Waals surface area contributed by atoms with Crippen molar-refractivity contribution in [1.82, 2.24) is 10.0 Å². The van der Waals surface area contributed by atoms with Gasteiger partial charge >= 0.3 is 23.6 Å². The maximum absolute atomic E-state index is 12.4. The average Bonchev–Trinajstić information content (AvgIpc) is 3.32. The Balaban J connectivity index is 1.60. The number of carboxylic acid groups (broad SMARTS) is 1. The molecule has 38 heavy (non-hydrogen) atoms. The highest BCUT2D eigenvalue weighted by atomic mass is 32.2. The summed E-state index contributed by atoms with van der Waals surface area (Å²) < 4.78 is 30.8. The number of amides is 2. The van der Waals surface area contributed by atoms with Gasteiger partial charge in [-0.2, -0.15) is 4.21 Å². The molecule has 0 aliphatic heterocycles. The number of anilines is 1. The van der Waals surface area contributed by atoms with Crippen LogP contribution < -0.4 is 19.7 Å². The monoisotopic (exact) mass is 547 g/mol. The summed E-state index contributed by atoms with van der Waals surface area (Å²) in [5, 5.41) is 32.8. The summed E-state index contributed by atoms with van der Waals surface area (Å²) in [4.78, 5) is 40.3. The topological polar surface area (TPSA) is 206 Å². The molecule has 6 N–H and O–H groups in total. The molecule has 200 valence electrons. The van der Waals surface area contributed by atoms with Crippen molar-refractivity contribution < 1.29 is 52.2 Å². The molecule has 15 heteroatoms. The molecule has 3 atom stereocenters. The van der Waals surface area contributed by atoms with E-state index in [0.717, 1.165) is 12.1 Å². The summed E-state index contributed by atoms with van der Waals surface area (Å²) in [5.74, 6) is -2.26. The van der Waals surface area contributed by atoms with Crippen LogP contribution in [-0.4, -0.2) is 59.6 Å². The minimum Gasteiger partial charge on any atom is -0.492 e. The van der Waals surface area contributed by atoms with Crippen LogP contribution in [0.5, 0.6) is 17.5 Å². The summed E-state index contributed by atoms with van der Waals surface area (Å²) in [6, 6.07) is 10.7. The molecule has 0 bridgehead atoms. The van der Waals surface area contributed by atoms with Crippen LogP contribution in [0.2, 0.25) is 0 Å². The van der Waals surface area contributed by atoms with E-state index in [1.807, 2.05) is 0 Å². The first-order valence-corrected chi connectivity index (χ1v) is 11.9. The van der Waals surface area contributed by atoms with Gasteiger partial charge in [-0.25, -0.2) is 9.59 Å². The molecule has 1 aliphatic carbocycles. The third-order valence-corrected chi connectivity index (χ3v) is 5.95. The Morgan fingerprint density at radius 2 is 1.66 bits per heavy atom. The lowest BCUT2D eigenvalue weighted by molar-refractivity contribution is -0.117. The predicted molar refractivity (Wildman–Crippen MR) is 130 cm³/mol. The number of benzene rings is 2. The second-order valence-corrected chi connectivity index (χ2v) is 8.66. The second-order valence-electron chi connectivity index (χ2n) is 8.06. The smallest absolute Gasteiger partial charge is 0.492 e. The van der Waals surface area contributed by atoms with Crippen LogP contribution in [0.3, 0.4) is 0 Å². The number of hydrogen-bond donors (Lipinski definition) is 6.